The van der Waals surface area contributed by atoms with E-state index in [1.54, 1.807) is 0 Å². The van der Waals surface area contributed by atoms with E-state index >= 15 is 0 Å². The zero-order chi connectivity index (χ0) is 11.1. The van der Waals surface area contributed by atoms with Gasteiger partial charge in [0.15, 0.2) is 0 Å². The van der Waals surface area contributed by atoms with Gasteiger partial charge in [0.2, 0.25) is 5.91 Å². The summed E-state index contributed by atoms with van der Waals surface area (Å²) < 4.78 is 11.2. The van der Waals surface area contributed by atoms with Crippen LogP contribution in [0, 0.1) is 0 Å². The van der Waals surface area contributed by atoms with Crippen molar-refractivity contribution in [3.8, 4) is 0 Å². The van der Waals surface area contributed by atoms with E-state index in [0.29, 0.717) is 18.1 Å². The van der Waals surface area contributed by atoms with Crippen LogP contribution < -0.4 is 10.6 Å². The molecule has 1 saturated heterocycles. The molecule has 1 amide bonds. The van der Waals surface area contributed by atoms with Crippen molar-refractivity contribution in [3.63, 3.8) is 0 Å². The Bertz CT molecular complexity index is 233. The molecular formula is C10H20N2O2S. The SMILES string of the molecule is CCS(=O)CCNC1CCCCNC1=O. The topological polar surface area (TPSA) is 58.2 Å². The lowest BCUT2D eigenvalue weighted by atomic mass is 10.1. The molecular weight excluding hydrogens is 212 g/mol. The van der Waals surface area contributed by atoms with E-state index in [0.717, 1.165) is 25.8 Å². The van der Waals surface area contributed by atoms with Crippen molar-refractivity contribution >= 4 is 16.7 Å². The third-order valence-corrected chi connectivity index (χ3v) is 3.88. The van der Waals surface area contributed by atoms with E-state index in [-0.39, 0.29) is 11.9 Å². The lowest BCUT2D eigenvalue weighted by molar-refractivity contribution is -0.122. The molecule has 4 nitrogen and oxygen atoms in total. The summed E-state index contributed by atoms with van der Waals surface area (Å²) in [5.74, 6) is 1.42. The van der Waals surface area contributed by atoms with E-state index in [4.69, 9.17) is 0 Å². The van der Waals surface area contributed by atoms with Gasteiger partial charge in [-0.05, 0) is 19.3 Å². The number of rotatable bonds is 5. The minimum atomic E-state index is -0.741. The second kappa shape index (κ2) is 6.95. The van der Waals surface area contributed by atoms with Gasteiger partial charge in [-0.1, -0.05) is 6.92 Å². The first kappa shape index (κ1) is 12.6. The Morgan fingerprint density at radius 1 is 1.53 bits per heavy atom. The maximum Gasteiger partial charge on any atom is 0.237 e. The highest BCUT2D eigenvalue weighted by Gasteiger charge is 2.19. The van der Waals surface area contributed by atoms with Crippen molar-refractivity contribution in [2.45, 2.75) is 32.2 Å². The first-order valence-corrected chi connectivity index (χ1v) is 7.09. The minimum absolute atomic E-state index is 0.0821. The molecule has 2 atom stereocenters. The first-order chi connectivity index (χ1) is 7.24. The van der Waals surface area contributed by atoms with Gasteiger partial charge >= 0.3 is 0 Å². The first-order valence-electron chi connectivity index (χ1n) is 5.60. The predicted octanol–water partition coefficient (Wildman–Crippen LogP) is 0.0133. The third kappa shape index (κ3) is 4.75. The van der Waals surface area contributed by atoms with Crippen LogP contribution in [0.4, 0.5) is 0 Å². The van der Waals surface area contributed by atoms with Crippen molar-refractivity contribution in [1.82, 2.24) is 10.6 Å². The highest BCUT2D eigenvalue weighted by molar-refractivity contribution is 7.84. The van der Waals surface area contributed by atoms with Gasteiger partial charge in [-0.15, -0.1) is 0 Å². The molecule has 1 aliphatic rings. The molecule has 0 aromatic carbocycles. The van der Waals surface area contributed by atoms with E-state index in [2.05, 4.69) is 10.6 Å². The number of amides is 1. The van der Waals surface area contributed by atoms with Gasteiger partial charge in [-0.3, -0.25) is 9.00 Å². The number of hydrogen-bond acceptors (Lipinski definition) is 3. The zero-order valence-electron chi connectivity index (χ0n) is 9.25. The summed E-state index contributed by atoms with van der Waals surface area (Å²) in [5, 5.41) is 6.04. The summed E-state index contributed by atoms with van der Waals surface area (Å²) in [5.41, 5.74) is 0. The number of nitrogens with one attached hydrogen (secondary N) is 2. The van der Waals surface area contributed by atoms with Crippen LogP contribution in [0.5, 0.6) is 0 Å². The molecule has 0 aromatic rings. The van der Waals surface area contributed by atoms with Crippen LogP contribution in [0.2, 0.25) is 0 Å². The predicted molar refractivity (Wildman–Crippen MR) is 62.2 cm³/mol. The molecule has 0 saturated carbocycles. The molecule has 0 aromatic heterocycles. The van der Waals surface area contributed by atoms with Gasteiger partial charge in [-0.2, -0.15) is 0 Å². The van der Waals surface area contributed by atoms with Gasteiger partial charge in [0.1, 0.15) is 0 Å². The third-order valence-electron chi connectivity index (χ3n) is 2.58. The molecule has 1 heterocycles. The Morgan fingerprint density at radius 2 is 2.33 bits per heavy atom. The second-order valence-corrected chi connectivity index (χ2v) is 5.59. The Hall–Kier alpha value is -0.420. The summed E-state index contributed by atoms with van der Waals surface area (Å²) in [6.07, 6.45) is 3.03. The van der Waals surface area contributed by atoms with Crippen LogP contribution in [0.25, 0.3) is 0 Å². The van der Waals surface area contributed by atoms with Crippen molar-refractivity contribution in [2.75, 3.05) is 24.6 Å². The van der Waals surface area contributed by atoms with Crippen LogP contribution in [0.15, 0.2) is 0 Å². The van der Waals surface area contributed by atoms with Crippen LogP contribution >= 0.6 is 0 Å². The van der Waals surface area contributed by atoms with Crippen LogP contribution in [0.1, 0.15) is 26.2 Å². The van der Waals surface area contributed by atoms with Crippen molar-refractivity contribution in [1.29, 1.82) is 0 Å². The minimum Gasteiger partial charge on any atom is -0.355 e. The summed E-state index contributed by atoms with van der Waals surface area (Å²) in [7, 11) is -0.741. The van der Waals surface area contributed by atoms with Gasteiger partial charge in [-0.25, -0.2) is 0 Å². The second-order valence-electron chi connectivity index (χ2n) is 3.73. The zero-order valence-corrected chi connectivity index (χ0v) is 10.1. The van der Waals surface area contributed by atoms with Crippen LogP contribution in [-0.4, -0.2) is 40.8 Å². The van der Waals surface area contributed by atoms with Crippen molar-refractivity contribution < 1.29 is 9.00 Å². The molecule has 1 aliphatic heterocycles. The molecule has 15 heavy (non-hydrogen) atoms. The number of hydrogen-bond donors (Lipinski definition) is 2. The average molecular weight is 232 g/mol. The Kier molecular flexibility index (Phi) is 5.86. The quantitative estimate of drug-likeness (QED) is 0.702. The lowest BCUT2D eigenvalue weighted by Crippen LogP contribution is -2.44. The largest absolute Gasteiger partial charge is 0.355 e. The van der Waals surface area contributed by atoms with E-state index < -0.39 is 10.8 Å². The van der Waals surface area contributed by atoms with Gasteiger partial charge < -0.3 is 10.6 Å². The van der Waals surface area contributed by atoms with E-state index in [9.17, 15) is 9.00 Å². The lowest BCUT2D eigenvalue weighted by Gasteiger charge is -2.14. The smallest absolute Gasteiger partial charge is 0.237 e. The van der Waals surface area contributed by atoms with Crippen molar-refractivity contribution in [3.05, 3.63) is 0 Å². The fourth-order valence-electron chi connectivity index (χ4n) is 1.63. The highest BCUT2D eigenvalue weighted by Crippen LogP contribution is 2.04. The fourth-order valence-corrected chi connectivity index (χ4v) is 2.26. The summed E-state index contributed by atoms with van der Waals surface area (Å²) in [6.45, 7) is 3.37. The van der Waals surface area contributed by atoms with Gasteiger partial charge in [0.25, 0.3) is 0 Å². The van der Waals surface area contributed by atoms with Gasteiger partial charge in [0, 0.05) is 35.4 Å². The summed E-state index contributed by atoms with van der Waals surface area (Å²) >= 11 is 0. The van der Waals surface area contributed by atoms with Crippen LogP contribution in [-0.2, 0) is 15.6 Å². The van der Waals surface area contributed by atoms with E-state index in [1.165, 1.54) is 0 Å². The fraction of sp³-hybridized carbons (Fsp3) is 0.900. The van der Waals surface area contributed by atoms with E-state index in [1.807, 2.05) is 6.92 Å². The maximum absolute atomic E-state index is 11.5. The molecule has 1 rings (SSSR count). The molecule has 0 radical (unpaired) electrons. The molecule has 88 valence electrons. The monoisotopic (exact) mass is 232 g/mol. The molecule has 0 bridgehead atoms. The number of carbonyl (C=O) groups excluding carboxylic acids is 1. The Balaban J connectivity index is 2.23. The molecule has 2 N–H and O–H groups in total. The molecule has 0 aliphatic carbocycles. The normalized spacial score (nSPS) is 24.3. The summed E-state index contributed by atoms with van der Waals surface area (Å²) in [6, 6.07) is -0.0821. The Labute approximate surface area is 93.7 Å². The highest BCUT2D eigenvalue weighted by atomic mass is 32.2. The van der Waals surface area contributed by atoms with Crippen LogP contribution in [0.3, 0.4) is 0 Å². The maximum atomic E-state index is 11.5. The molecule has 1 fully saturated rings. The standard InChI is InChI=1S/C10H20N2O2S/c1-2-15(14)8-7-11-9-5-3-4-6-12-10(9)13/h9,11H,2-8H2,1H3,(H,12,13). The van der Waals surface area contributed by atoms with Gasteiger partial charge in [0.05, 0.1) is 6.04 Å². The Morgan fingerprint density at radius 3 is 3.07 bits per heavy atom. The molecule has 0 spiro atoms. The molecule has 5 heteroatoms. The average Bonchev–Trinajstić information content (AvgIpc) is 2.44. The number of carbonyl (C=O) groups is 1. The van der Waals surface area contributed by atoms with Crippen molar-refractivity contribution in [2.24, 2.45) is 0 Å². The summed E-state index contributed by atoms with van der Waals surface area (Å²) in [4.78, 5) is 11.5. The molecule has 2 unspecified atom stereocenters.